The molecule has 1 aliphatic rings. The molecule has 0 saturated heterocycles. The second-order valence-corrected chi connectivity index (χ2v) is 10.9. The molecule has 0 bridgehead atoms. The van der Waals surface area contributed by atoms with Gasteiger partial charge in [0.1, 0.15) is 7.14 Å². The average molecular weight is 417 g/mol. The highest BCUT2D eigenvalue weighted by atomic mass is 31.2. The van der Waals surface area contributed by atoms with E-state index in [0.29, 0.717) is 0 Å². The van der Waals surface area contributed by atoms with Gasteiger partial charge in [-0.15, -0.1) is 0 Å². The van der Waals surface area contributed by atoms with Gasteiger partial charge in [0.25, 0.3) is 0 Å². The summed E-state index contributed by atoms with van der Waals surface area (Å²) in [6, 6.07) is 31.4. The molecule has 1 aromatic heterocycles. The molecule has 4 aromatic carbocycles. The first-order chi connectivity index (χ1) is 15.1. The van der Waals surface area contributed by atoms with Gasteiger partial charge >= 0.3 is 0 Å². The van der Waals surface area contributed by atoms with Crippen molar-refractivity contribution in [2.45, 2.75) is 0 Å². The molecule has 0 radical (unpaired) electrons. The first-order valence-corrected chi connectivity index (χ1v) is 12.5. The predicted molar refractivity (Wildman–Crippen MR) is 131 cm³/mol. The molecule has 31 heavy (non-hydrogen) atoms. The van der Waals surface area contributed by atoms with Crippen molar-refractivity contribution in [3.05, 3.63) is 103 Å². The normalized spacial score (nSPS) is 16.8. The van der Waals surface area contributed by atoms with Crippen LogP contribution in [0.3, 0.4) is 0 Å². The van der Waals surface area contributed by atoms with E-state index in [1.54, 1.807) is 6.20 Å². The van der Waals surface area contributed by atoms with Crippen molar-refractivity contribution >= 4 is 28.5 Å². The van der Waals surface area contributed by atoms with E-state index in [2.05, 4.69) is 71.7 Å². The van der Waals surface area contributed by atoms with Gasteiger partial charge in [0, 0.05) is 28.6 Å². The van der Waals surface area contributed by atoms with Crippen molar-refractivity contribution in [1.82, 2.24) is 4.98 Å². The van der Waals surface area contributed by atoms with E-state index in [1.165, 1.54) is 10.8 Å². The van der Waals surface area contributed by atoms with Gasteiger partial charge < -0.3 is 4.57 Å². The van der Waals surface area contributed by atoms with Gasteiger partial charge in [-0.25, -0.2) is 0 Å². The summed E-state index contributed by atoms with van der Waals surface area (Å²) in [6.07, 6.45) is 3.72. The van der Waals surface area contributed by atoms with Crippen molar-refractivity contribution in [3.63, 3.8) is 0 Å². The second kappa shape index (κ2) is 6.77. The van der Waals surface area contributed by atoms with Crippen molar-refractivity contribution in [1.29, 1.82) is 0 Å². The molecule has 1 aliphatic heterocycles. The molecule has 0 aliphatic carbocycles. The van der Waals surface area contributed by atoms with Crippen LogP contribution in [0.25, 0.3) is 44.2 Å². The van der Waals surface area contributed by atoms with Crippen molar-refractivity contribution in [2.75, 3.05) is 6.66 Å². The molecule has 3 heteroatoms. The highest BCUT2D eigenvalue weighted by molar-refractivity contribution is 7.79. The monoisotopic (exact) mass is 417 g/mol. The Hall–Kier alpha value is -3.48. The number of rotatable bonds is 2. The summed E-state index contributed by atoms with van der Waals surface area (Å²) in [5.74, 6) is 0. The quantitative estimate of drug-likeness (QED) is 0.307. The van der Waals surface area contributed by atoms with E-state index in [-0.39, 0.29) is 0 Å². The van der Waals surface area contributed by atoms with Crippen LogP contribution in [0, 0.1) is 0 Å². The number of pyridine rings is 1. The second-order valence-electron chi connectivity index (χ2n) is 8.12. The highest BCUT2D eigenvalue weighted by Crippen LogP contribution is 2.51. The van der Waals surface area contributed by atoms with Crippen LogP contribution in [0.2, 0.25) is 0 Å². The molecule has 0 amide bonds. The topological polar surface area (TPSA) is 30.0 Å². The molecule has 148 valence electrons. The van der Waals surface area contributed by atoms with Crippen LogP contribution < -0.4 is 10.6 Å². The fourth-order valence-electron chi connectivity index (χ4n) is 4.82. The zero-order chi connectivity index (χ0) is 21.0. The lowest BCUT2D eigenvalue weighted by Crippen LogP contribution is -2.08. The number of aromatic nitrogens is 1. The minimum atomic E-state index is -2.62. The number of hydrogen-bond acceptors (Lipinski definition) is 2. The van der Waals surface area contributed by atoms with Gasteiger partial charge in [0.2, 0.25) is 0 Å². The molecule has 1 unspecified atom stereocenters. The zero-order valence-corrected chi connectivity index (χ0v) is 18.0. The van der Waals surface area contributed by atoms with Gasteiger partial charge in [0.05, 0.1) is 0 Å². The zero-order valence-electron chi connectivity index (χ0n) is 17.1. The minimum Gasteiger partial charge on any atom is -0.314 e. The molecule has 0 N–H and O–H groups in total. The van der Waals surface area contributed by atoms with Crippen LogP contribution >= 0.6 is 7.14 Å². The maximum atomic E-state index is 13.8. The number of benzene rings is 4. The maximum Gasteiger partial charge on any atom is 0.141 e. The van der Waals surface area contributed by atoms with Crippen LogP contribution in [0.1, 0.15) is 0 Å². The molecule has 0 spiro atoms. The molecule has 0 saturated carbocycles. The summed E-state index contributed by atoms with van der Waals surface area (Å²) in [5.41, 5.74) is 6.64. The lowest BCUT2D eigenvalue weighted by Gasteiger charge is -2.16. The first kappa shape index (κ1) is 18.3. The molecule has 1 atom stereocenters. The van der Waals surface area contributed by atoms with E-state index in [0.717, 1.165) is 44.0 Å². The third-order valence-corrected chi connectivity index (χ3v) is 8.90. The maximum absolute atomic E-state index is 13.8. The molecule has 5 aromatic rings. The van der Waals surface area contributed by atoms with Gasteiger partial charge in [0.15, 0.2) is 0 Å². The van der Waals surface area contributed by atoms with Crippen LogP contribution in [0.5, 0.6) is 0 Å². The number of hydrogen-bond donors (Lipinski definition) is 0. The van der Waals surface area contributed by atoms with Gasteiger partial charge in [-0.3, -0.25) is 4.98 Å². The van der Waals surface area contributed by atoms with E-state index in [9.17, 15) is 4.57 Å². The Labute approximate surface area is 181 Å². The fraction of sp³-hybridized carbons (Fsp3) is 0.0357. The van der Waals surface area contributed by atoms with Crippen LogP contribution in [0.15, 0.2) is 103 Å². The van der Waals surface area contributed by atoms with Gasteiger partial charge in [-0.2, -0.15) is 0 Å². The molecular formula is C28H20NOP. The lowest BCUT2D eigenvalue weighted by molar-refractivity contribution is 0.591. The van der Waals surface area contributed by atoms with Crippen LogP contribution in [-0.2, 0) is 4.57 Å². The Morgan fingerprint density at radius 3 is 2.32 bits per heavy atom. The fourth-order valence-corrected chi connectivity index (χ4v) is 7.14. The van der Waals surface area contributed by atoms with E-state index >= 15 is 0 Å². The predicted octanol–water partition coefficient (Wildman–Crippen LogP) is 6.49. The first-order valence-electron chi connectivity index (χ1n) is 10.4. The standard InChI is InChI=1S/C28H20NOP/c1-31(30)26-11-5-4-10-24(26)25-15-13-20(17-27(25)31)23-14-12-19-7-2-3-9-22(19)28(23)21-8-6-16-29-18-21/h2-18H,1H3. The molecule has 2 heterocycles. The Morgan fingerprint density at radius 1 is 0.677 bits per heavy atom. The summed E-state index contributed by atoms with van der Waals surface area (Å²) < 4.78 is 13.8. The summed E-state index contributed by atoms with van der Waals surface area (Å²) in [4.78, 5) is 4.37. The van der Waals surface area contributed by atoms with E-state index in [4.69, 9.17) is 0 Å². The van der Waals surface area contributed by atoms with Gasteiger partial charge in [-0.05, 0) is 57.4 Å². The number of fused-ring (bicyclic) bond motifs is 4. The summed E-state index contributed by atoms with van der Waals surface area (Å²) >= 11 is 0. The Balaban J connectivity index is 1.63. The van der Waals surface area contributed by atoms with Crippen molar-refractivity contribution in [2.24, 2.45) is 0 Å². The van der Waals surface area contributed by atoms with Crippen LogP contribution in [0.4, 0.5) is 0 Å². The smallest absolute Gasteiger partial charge is 0.141 e. The average Bonchev–Trinajstić information content (AvgIpc) is 3.05. The Morgan fingerprint density at radius 2 is 1.45 bits per heavy atom. The largest absolute Gasteiger partial charge is 0.314 e. The minimum absolute atomic E-state index is 0.955. The third-order valence-electron chi connectivity index (χ3n) is 6.30. The molecule has 2 nitrogen and oxygen atoms in total. The summed E-state index contributed by atoms with van der Waals surface area (Å²) in [6.45, 7) is 1.89. The number of nitrogens with zero attached hydrogens (tertiary/aromatic N) is 1. The van der Waals surface area contributed by atoms with E-state index in [1.807, 2.05) is 37.1 Å². The lowest BCUT2D eigenvalue weighted by atomic mass is 9.90. The Kier molecular flexibility index (Phi) is 4.00. The molecule has 6 rings (SSSR count). The summed E-state index contributed by atoms with van der Waals surface area (Å²) in [5, 5.41) is 4.31. The molecule has 0 fully saturated rings. The molecular weight excluding hydrogens is 397 g/mol. The van der Waals surface area contributed by atoms with Crippen LogP contribution in [-0.4, -0.2) is 11.6 Å². The van der Waals surface area contributed by atoms with Crippen molar-refractivity contribution < 1.29 is 4.57 Å². The Bertz CT molecular complexity index is 1520. The van der Waals surface area contributed by atoms with E-state index < -0.39 is 7.14 Å². The third kappa shape index (κ3) is 2.72. The van der Waals surface area contributed by atoms with Crippen molar-refractivity contribution in [3.8, 4) is 33.4 Å². The SMILES string of the molecule is CP1(=O)c2ccccc2-c2ccc(-c3ccc4ccccc4c3-c3cccnc3)cc21. The highest BCUT2D eigenvalue weighted by Gasteiger charge is 2.34. The summed E-state index contributed by atoms with van der Waals surface area (Å²) in [7, 11) is -2.62. The van der Waals surface area contributed by atoms with Gasteiger partial charge in [-0.1, -0.05) is 78.9 Å².